The molecule has 0 N–H and O–H groups in total. The third-order valence-electron chi connectivity index (χ3n) is 3.50. The van der Waals surface area contributed by atoms with E-state index in [0.717, 1.165) is 38.4 Å². The molecule has 0 spiro atoms. The summed E-state index contributed by atoms with van der Waals surface area (Å²) < 4.78 is 0. The number of anilines is 1. The third-order valence-corrected chi connectivity index (χ3v) is 3.50. The topological polar surface area (TPSA) is 36.4 Å². The second-order valence-corrected chi connectivity index (χ2v) is 5.19. The zero-order valence-electron chi connectivity index (χ0n) is 11.4. The van der Waals surface area contributed by atoms with E-state index in [1.54, 1.807) is 0 Å². The molecule has 98 valence electrons. The predicted molar refractivity (Wildman–Crippen MR) is 72.9 cm³/mol. The van der Waals surface area contributed by atoms with Gasteiger partial charge < -0.3 is 9.80 Å². The van der Waals surface area contributed by atoms with Crippen molar-refractivity contribution < 1.29 is 4.79 Å². The molecule has 1 aromatic heterocycles. The van der Waals surface area contributed by atoms with Crippen LogP contribution in [0.25, 0.3) is 0 Å². The molecule has 2 heterocycles. The largest absolute Gasteiger partial charge is 0.353 e. The summed E-state index contributed by atoms with van der Waals surface area (Å²) in [4.78, 5) is 19.4. The average molecular weight is 247 g/mol. The molecule has 1 amide bonds. The van der Waals surface area contributed by atoms with E-state index in [4.69, 9.17) is 0 Å². The Kier molecular flexibility index (Phi) is 3.84. The van der Waals surface area contributed by atoms with Crippen molar-refractivity contribution in [2.24, 2.45) is 0 Å². The van der Waals surface area contributed by atoms with Crippen molar-refractivity contribution >= 4 is 12.2 Å². The number of aryl methyl sites for hydroxylation is 1. The molecule has 1 aliphatic rings. The highest BCUT2D eigenvalue weighted by atomic mass is 16.1. The lowest BCUT2D eigenvalue weighted by atomic mass is 10.0. The van der Waals surface area contributed by atoms with Gasteiger partial charge in [0.15, 0.2) is 0 Å². The molecule has 0 atom stereocenters. The molecule has 2 rings (SSSR count). The van der Waals surface area contributed by atoms with Crippen molar-refractivity contribution in [1.29, 1.82) is 0 Å². The highest BCUT2D eigenvalue weighted by Gasteiger charge is 2.18. The van der Waals surface area contributed by atoms with Crippen molar-refractivity contribution in [1.82, 2.24) is 9.88 Å². The van der Waals surface area contributed by atoms with Crippen LogP contribution in [0.2, 0.25) is 0 Å². The van der Waals surface area contributed by atoms with Crippen LogP contribution in [-0.4, -0.2) is 42.5 Å². The van der Waals surface area contributed by atoms with E-state index in [2.05, 4.69) is 36.7 Å². The minimum Gasteiger partial charge on any atom is -0.353 e. The second-order valence-electron chi connectivity index (χ2n) is 5.19. The molecule has 1 fully saturated rings. The number of pyridine rings is 1. The minimum atomic E-state index is 0.511. The maximum Gasteiger partial charge on any atom is 0.209 e. The fourth-order valence-corrected chi connectivity index (χ4v) is 2.28. The Hall–Kier alpha value is -1.58. The van der Waals surface area contributed by atoms with Crippen LogP contribution < -0.4 is 4.90 Å². The molecule has 0 saturated carbocycles. The van der Waals surface area contributed by atoms with Gasteiger partial charge in [-0.25, -0.2) is 4.98 Å². The smallest absolute Gasteiger partial charge is 0.209 e. The van der Waals surface area contributed by atoms with Gasteiger partial charge in [0, 0.05) is 32.4 Å². The second kappa shape index (κ2) is 5.38. The number of carbonyl (C=O) groups excluding carboxylic acids is 1. The Balaban J connectivity index is 2.12. The molecule has 0 aromatic carbocycles. The number of carbonyl (C=O) groups is 1. The van der Waals surface area contributed by atoms with E-state index >= 15 is 0 Å². The van der Waals surface area contributed by atoms with Gasteiger partial charge in [-0.3, -0.25) is 4.79 Å². The number of aromatic nitrogens is 1. The standard InChI is InChI=1S/C14H21N3O/c1-11(2)13-8-12(3)14(15-9-13)17-6-4-16(10-18)5-7-17/h8-11H,4-7H2,1-3H3. The molecule has 0 bridgehead atoms. The Morgan fingerprint density at radius 1 is 1.28 bits per heavy atom. The summed E-state index contributed by atoms with van der Waals surface area (Å²) in [5.41, 5.74) is 2.50. The van der Waals surface area contributed by atoms with Crippen LogP contribution in [0, 0.1) is 6.92 Å². The first-order valence-electron chi connectivity index (χ1n) is 6.52. The molecule has 0 radical (unpaired) electrons. The van der Waals surface area contributed by atoms with Gasteiger partial charge in [0.25, 0.3) is 0 Å². The average Bonchev–Trinajstić information content (AvgIpc) is 2.38. The minimum absolute atomic E-state index is 0.511. The molecular formula is C14H21N3O. The van der Waals surface area contributed by atoms with Crippen LogP contribution >= 0.6 is 0 Å². The molecule has 1 aliphatic heterocycles. The summed E-state index contributed by atoms with van der Waals surface area (Å²) in [6.07, 6.45) is 2.90. The Morgan fingerprint density at radius 3 is 2.44 bits per heavy atom. The molecular weight excluding hydrogens is 226 g/mol. The maximum absolute atomic E-state index is 10.7. The molecule has 0 aliphatic carbocycles. The van der Waals surface area contributed by atoms with Crippen molar-refractivity contribution in [3.8, 4) is 0 Å². The highest BCUT2D eigenvalue weighted by Crippen LogP contribution is 2.22. The van der Waals surface area contributed by atoms with Crippen LogP contribution in [-0.2, 0) is 4.79 Å². The molecule has 4 heteroatoms. The Morgan fingerprint density at radius 2 is 1.94 bits per heavy atom. The van der Waals surface area contributed by atoms with Crippen LogP contribution in [0.1, 0.15) is 30.9 Å². The van der Waals surface area contributed by atoms with Crippen LogP contribution in [0.3, 0.4) is 0 Å². The first-order chi connectivity index (χ1) is 8.61. The monoisotopic (exact) mass is 247 g/mol. The van der Waals surface area contributed by atoms with Gasteiger partial charge >= 0.3 is 0 Å². The van der Waals surface area contributed by atoms with Crippen molar-refractivity contribution in [3.63, 3.8) is 0 Å². The van der Waals surface area contributed by atoms with E-state index in [1.807, 2.05) is 11.1 Å². The molecule has 4 nitrogen and oxygen atoms in total. The van der Waals surface area contributed by atoms with Gasteiger partial charge in [-0.1, -0.05) is 19.9 Å². The molecule has 1 saturated heterocycles. The predicted octanol–water partition coefficient (Wildman–Crippen LogP) is 1.79. The SMILES string of the molecule is Cc1cc(C(C)C)cnc1N1CCN(C=O)CC1. The van der Waals surface area contributed by atoms with Crippen LogP contribution in [0.4, 0.5) is 5.82 Å². The number of nitrogens with zero attached hydrogens (tertiary/aromatic N) is 3. The van der Waals surface area contributed by atoms with Crippen molar-refractivity contribution in [3.05, 3.63) is 23.4 Å². The first kappa shape index (κ1) is 12.9. The van der Waals surface area contributed by atoms with Crippen LogP contribution in [0.5, 0.6) is 0 Å². The Labute approximate surface area is 109 Å². The molecule has 18 heavy (non-hydrogen) atoms. The lowest BCUT2D eigenvalue weighted by Gasteiger charge is -2.34. The quantitative estimate of drug-likeness (QED) is 0.764. The Bertz CT molecular complexity index is 423. The zero-order valence-corrected chi connectivity index (χ0v) is 11.4. The summed E-state index contributed by atoms with van der Waals surface area (Å²) in [5.74, 6) is 1.57. The normalized spacial score (nSPS) is 16.2. The van der Waals surface area contributed by atoms with Gasteiger partial charge in [0.2, 0.25) is 6.41 Å². The highest BCUT2D eigenvalue weighted by molar-refractivity contribution is 5.51. The number of piperazine rings is 1. The number of rotatable bonds is 3. The third kappa shape index (κ3) is 2.63. The number of amides is 1. The van der Waals surface area contributed by atoms with Gasteiger partial charge in [0.05, 0.1) is 0 Å². The number of hydrogen-bond acceptors (Lipinski definition) is 3. The summed E-state index contributed by atoms with van der Waals surface area (Å²) in [7, 11) is 0. The van der Waals surface area contributed by atoms with E-state index in [-0.39, 0.29) is 0 Å². The van der Waals surface area contributed by atoms with Gasteiger partial charge in [-0.2, -0.15) is 0 Å². The van der Waals surface area contributed by atoms with Crippen molar-refractivity contribution in [2.45, 2.75) is 26.7 Å². The molecule has 1 aromatic rings. The van der Waals surface area contributed by atoms with Crippen LogP contribution in [0.15, 0.2) is 12.3 Å². The lowest BCUT2D eigenvalue weighted by Crippen LogP contribution is -2.46. The van der Waals surface area contributed by atoms with E-state index in [1.165, 1.54) is 11.1 Å². The van der Waals surface area contributed by atoms with E-state index in [0.29, 0.717) is 5.92 Å². The van der Waals surface area contributed by atoms with Gasteiger partial charge in [0.1, 0.15) is 5.82 Å². The maximum atomic E-state index is 10.7. The molecule has 0 unspecified atom stereocenters. The van der Waals surface area contributed by atoms with Crippen molar-refractivity contribution in [2.75, 3.05) is 31.1 Å². The fourth-order valence-electron chi connectivity index (χ4n) is 2.28. The zero-order chi connectivity index (χ0) is 13.1. The summed E-state index contributed by atoms with van der Waals surface area (Å²) >= 11 is 0. The fraction of sp³-hybridized carbons (Fsp3) is 0.571. The first-order valence-corrected chi connectivity index (χ1v) is 6.52. The summed E-state index contributed by atoms with van der Waals surface area (Å²) in [6, 6.07) is 2.22. The van der Waals surface area contributed by atoms with E-state index in [9.17, 15) is 4.79 Å². The van der Waals surface area contributed by atoms with Gasteiger partial charge in [-0.05, 0) is 24.0 Å². The lowest BCUT2D eigenvalue weighted by molar-refractivity contribution is -0.118. The van der Waals surface area contributed by atoms with Gasteiger partial charge in [-0.15, -0.1) is 0 Å². The summed E-state index contributed by atoms with van der Waals surface area (Å²) in [5, 5.41) is 0. The number of hydrogen-bond donors (Lipinski definition) is 0. The summed E-state index contributed by atoms with van der Waals surface area (Å²) in [6.45, 7) is 9.78. The van der Waals surface area contributed by atoms with E-state index < -0.39 is 0 Å².